The third kappa shape index (κ3) is 6.24. The summed E-state index contributed by atoms with van der Waals surface area (Å²) in [5.74, 6) is 1.31. The number of benzene rings is 2. The van der Waals surface area contributed by atoms with Crippen LogP contribution in [0.1, 0.15) is 44.0 Å². The van der Waals surface area contributed by atoms with Crippen LogP contribution < -0.4 is 10.1 Å². The molecule has 1 N–H and O–H groups in total. The predicted octanol–water partition coefficient (Wildman–Crippen LogP) is 4.61. The summed E-state index contributed by atoms with van der Waals surface area (Å²) >= 11 is 0. The second kappa shape index (κ2) is 8.99. The SMILES string of the molecule is CC(C)(C)OC(=O)N1CCC(NC(=O)c2ccc(Oc3ccccc3)cc2)CC1. The van der Waals surface area contributed by atoms with E-state index < -0.39 is 5.60 Å². The number of carbonyl (C=O) groups is 2. The maximum atomic E-state index is 12.5. The van der Waals surface area contributed by atoms with E-state index in [-0.39, 0.29) is 18.0 Å². The molecule has 6 heteroatoms. The fourth-order valence-electron chi connectivity index (χ4n) is 3.10. The first-order valence-electron chi connectivity index (χ1n) is 9.92. The summed E-state index contributed by atoms with van der Waals surface area (Å²) in [7, 11) is 0. The van der Waals surface area contributed by atoms with Crippen LogP contribution in [0.15, 0.2) is 54.6 Å². The van der Waals surface area contributed by atoms with Crippen molar-refractivity contribution >= 4 is 12.0 Å². The van der Waals surface area contributed by atoms with Gasteiger partial charge in [0, 0.05) is 24.7 Å². The average molecular weight is 396 g/mol. The summed E-state index contributed by atoms with van der Waals surface area (Å²) in [6, 6.07) is 16.6. The number of carbonyl (C=O) groups excluding carboxylic acids is 2. The molecule has 0 unspecified atom stereocenters. The number of nitrogens with one attached hydrogen (secondary N) is 1. The molecular formula is C23H28N2O4. The molecule has 1 saturated heterocycles. The molecule has 2 amide bonds. The van der Waals surface area contributed by atoms with E-state index in [0.717, 1.165) is 5.75 Å². The minimum atomic E-state index is -0.501. The number of ether oxygens (including phenoxy) is 2. The molecule has 1 aliphatic heterocycles. The third-order valence-corrected chi connectivity index (χ3v) is 4.58. The molecule has 1 fully saturated rings. The second-order valence-corrected chi connectivity index (χ2v) is 8.15. The molecule has 1 heterocycles. The van der Waals surface area contributed by atoms with Gasteiger partial charge in [-0.2, -0.15) is 0 Å². The van der Waals surface area contributed by atoms with Crippen LogP contribution in [-0.2, 0) is 4.74 Å². The molecule has 29 heavy (non-hydrogen) atoms. The van der Waals surface area contributed by atoms with E-state index in [2.05, 4.69) is 5.32 Å². The van der Waals surface area contributed by atoms with Crippen molar-refractivity contribution in [1.82, 2.24) is 10.2 Å². The molecule has 0 aromatic heterocycles. The molecule has 2 aromatic carbocycles. The number of piperidine rings is 1. The first-order valence-corrected chi connectivity index (χ1v) is 9.92. The first kappa shape index (κ1) is 20.7. The highest BCUT2D eigenvalue weighted by molar-refractivity contribution is 5.94. The van der Waals surface area contributed by atoms with E-state index in [1.165, 1.54) is 0 Å². The molecule has 6 nitrogen and oxygen atoms in total. The zero-order chi connectivity index (χ0) is 20.9. The van der Waals surface area contributed by atoms with E-state index >= 15 is 0 Å². The Labute approximate surface area is 171 Å². The number of para-hydroxylation sites is 1. The summed E-state index contributed by atoms with van der Waals surface area (Å²) in [6.07, 6.45) is 1.12. The molecule has 0 saturated carbocycles. The van der Waals surface area contributed by atoms with Gasteiger partial charge in [0.2, 0.25) is 0 Å². The second-order valence-electron chi connectivity index (χ2n) is 8.15. The monoisotopic (exact) mass is 396 g/mol. The molecule has 0 radical (unpaired) electrons. The Kier molecular flexibility index (Phi) is 6.42. The summed E-state index contributed by atoms with van der Waals surface area (Å²) in [5.41, 5.74) is 0.0819. The smallest absolute Gasteiger partial charge is 0.410 e. The molecule has 2 aromatic rings. The van der Waals surface area contributed by atoms with Crippen LogP contribution in [-0.4, -0.2) is 41.6 Å². The van der Waals surface area contributed by atoms with Crippen LogP contribution in [0.5, 0.6) is 11.5 Å². The fourth-order valence-corrected chi connectivity index (χ4v) is 3.10. The number of rotatable bonds is 4. The number of likely N-dealkylation sites (tertiary alicyclic amines) is 1. The summed E-state index contributed by atoms with van der Waals surface area (Å²) < 4.78 is 11.2. The Morgan fingerprint density at radius 2 is 1.52 bits per heavy atom. The quantitative estimate of drug-likeness (QED) is 0.820. The number of hydrogen-bond acceptors (Lipinski definition) is 4. The minimum absolute atomic E-state index is 0.0430. The van der Waals surface area contributed by atoms with Crippen molar-refractivity contribution in [3.8, 4) is 11.5 Å². The van der Waals surface area contributed by atoms with Crippen LogP contribution in [0.25, 0.3) is 0 Å². The van der Waals surface area contributed by atoms with Crippen molar-refractivity contribution in [2.75, 3.05) is 13.1 Å². The molecule has 0 bridgehead atoms. The van der Waals surface area contributed by atoms with Gasteiger partial charge in [-0.1, -0.05) is 18.2 Å². The van der Waals surface area contributed by atoms with Crippen LogP contribution in [0, 0.1) is 0 Å². The van der Waals surface area contributed by atoms with Crippen LogP contribution in [0.2, 0.25) is 0 Å². The Morgan fingerprint density at radius 1 is 0.931 bits per heavy atom. The van der Waals surface area contributed by atoms with Crippen molar-refractivity contribution in [3.05, 3.63) is 60.2 Å². The van der Waals surface area contributed by atoms with E-state index in [9.17, 15) is 9.59 Å². The van der Waals surface area contributed by atoms with Gasteiger partial charge in [-0.05, 0) is 70.0 Å². The van der Waals surface area contributed by atoms with Gasteiger partial charge in [0.1, 0.15) is 17.1 Å². The lowest BCUT2D eigenvalue weighted by atomic mass is 10.0. The minimum Gasteiger partial charge on any atom is -0.457 e. The summed E-state index contributed by atoms with van der Waals surface area (Å²) in [6.45, 7) is 6.71. The molecule has 0 spiro atoms. The third-order valence-electron chi connectivity index (χ3n) is 4.58. The molecule has 0 atom stereocenters. The van der Waals surface area contributed by atoms with Gasteiger partial charge in [-0.15, -0.1) is 0 Å². The fraction of sp³-hybridized carbons (Fsp3) is 0.391. The predicted molar refractivity (Wildman–Crippen MR) is 111 cm³/mol. The standard InChI is InChI=1S/C23H28N2O4/c1-23(2,3)29-22(27)25-15-13-18(14-16-25)24-21(26)17-9-11-20(12-10-17)28-19-7-5-4-6-8-19/h4-12,18H,13-16H2,1-3H3,(H,24,26). The maximum Gasteiger partial charge on any atom is 0.410 e. The van der Waals surface area contributed by atoms with Crippen LogP contribution in [0.3, 0.4) is 0 Å². The Hall–Kier alpha value is -3.02. The number of nitrogens with zero attached hydrogens (tertiary/aromatic N) is 1. The number of hydrogen-bond donors (Lipinski definition) is 1. The summed E-state index contributed by atoms with van der Waals surface area (Å²) in [5, 5.41) is 3.05. The molecular weight excluding hydrogens is 368 g/mol. The van der Waals surface area contributed by atoms with Gasteiger partial charge < -0.3 is 19.7 Å². The molecule has 3 rings (SSSR count). The Balaban J connectivity index is 1.48. The van der Waals surface area contributed by atoms with Gasteiger partial charge >= 0.3 is 6.09 Å². The lowest BCUT2D eigenvalue weighted by molar-refractivity contribution is 0.0199. The van der Waals surface area contributed by atoms with Crippen LogP contribution in [0.4, 0.5) is 4.79 Å². The Morgan fingerprint density at radius 3 is 2.10 bits per heavy atom. The van der Waals surface area contributed by atoms with E-state index in [1.54, 1.807) is 29.2 Å². The number of amides is 2. The normalized spacial score (nSPS) is 14.9. The van der Waals surface area contributed by atoms with Gasteiger partial charge in [0.25, 0.3) is 5.91 Å². The van der Waals surface area contributed by atoms with Gasteiger partial charge in [0.15, 0.2) is 0 Å². The maximum absolute atomic E-state index is 12.5. The van der Waals surface area contributed by atoms with Crippen molar-refractivity contribution in [1.29, 1.82) is 0 Å². The van der Waals surface area contributed by atoms with Crippen molar-refractivity contribution in [2.24, 2.45) is 0 Å². The average Bonchev–Trinajstić information content (AvgIpc) is 2.68. The highest BCUT2D eigenvalue weighted by Crippen LogP contribution is 2.21. The van der Waals surface area contributed by atoms with Crippen molar-refractivity contribution in [3.63, 3.8) is 0 Å². The largest absolute Gasteiger partial charge is 0.457 e. The lowest BCUT2D eigenvalue weighted by Gasteiger charge is -2.33. The summed E-state index contributed by atoms with van der Waals surface area (Å²) in [4.78, 5) is 26.4. The Bertz CT molecular complexity index is 820. The van der Waals surface area contributed by atoms with E-state index in [4.69, 9.17) is 9.47 Å². The van der Waals surface area contributed by atoms with Crippen molar-refractivity contribution < 1.29 is 19.1 Å². The molecule has 0 aliphatic carbocycles. The molecule has 154 valence electrons. The lowest BCUT2D eigenvalue weighted by Crippen LogP contribution is -2.47. The van der Waals surface area contributed by atoms with Gasteiger partial charge in [-0.25, -0.2) is 4.79 Å². The van der Waals surface area contributed by atoms with E-state index in [1.807, 2.05) is 51.1 Å². The highest BCUT2D eigenvalue weighted by Gasteiger charge is 2.27. The van der Waals surface area contributed by atoms with Gasteiger partial charge in [-0.3, -0.25) is 4.79 Å². The van der Waals surface area contributed by atoms with Gasteiger partial charge in [0.05, 0.1) is 0 Å². The topological polar surface area (TPSA) is 67.9 Å². The first-order chi connectivity index (χ1) is 13.8. The van der Waals surface area contributed by atoms with E-state index in [0.29, 0.717) is 37.2 Å². The zero-order valence-corrected chi connectivity index (χ0v) is 17.2. The van der Waals surface area contributed by atoms with Crippen molar-refractivity contribution in [2.45, 2.75) is 45.3 Å². The van der Waals surface area contributed by atoms with Crippen LogP contribution >= 0.6 is 0 Å². The highest BCUT2D eigenvalue weighted by atomic mass is 16.6. The zero-order valence-electron chi connectivity index (χ0n) is 17.2. The molecule has 1 aliphatic rings.